The molecule has 0 heterocycles. The third-order valence-corrected chi connectivity index (χ3v) is 2.89. The molecule has 0 saturated carbocycles. The van der Waals surface area contributed by atoms with Gasteiger partial charge in [0.1, 0.15) is 0 Å². The molecule has 0 amide bonds. The van der Waals surface area contributed by atoms with Crippen molar-refractivity contribution in [2.45, 2.75) is 47.5 Å². The van der Waals surface area contributed by atoms with Crippen molar-refractivity contribution in [2.75, 3.05) is 0 Å². The number of carbonyl (C=O) groups excluding carboxylic acids is 1. The van der Waals surface area contributed by atoms with E-state index in [0.29, 0.717) is 18.3 Å². The van der Waals surface area contributed by atoms with E-state index in [1.165, 1.54) is 0 Å². The Morgan fingerprint density at radius 2 is 1.77 bits per heavy atom. The molecule has 0 saturated heterocycles. The van der Waals surface area contributed by atoms with Gasteiger partial charge in [-0.25, -0.2) is 0 Å². The highest BCUT2D eigenvalue weighted by molar-refractivity contribution is 6.63. The zero-order chi connectivity index (χ0) is 10.6. The molecule has 2 heteroatoms. The summed E-state index contributed by atoms with van der Waals surface area (Å²) in [6.07, 6.45) is 1.62. The minimum Gasteiger partial charge on any atom is -0.281 e. The van der Waals surface area contributed by atoms with E-state index in [9.17, 15) is 4.79 Å². The van der Waals surface area contributed by atoms with Crippen LogP contribution in [0.3, 0.4) is 0 Å². The lowest BCUT2D eigenvalue weighted by Crippen LogP contribution is -2.24. The maximum atomic E-state index is 10.8. The van der Waals surface area contributed by atoms with Crippen molar-refractivity contribution in [3.8, 4) is 0 Å². The second-order valence-electron chi connectivity index (χ2n) is 5.05. The van der Waals surface area contributed by atoms with Gasteiger partial charge in [-0.1, -0.05) is 34.6 Å². The molecule has 0 aromatic heterocycles. The Labute approximate surface area is 86.9 Å². The SMILES string of the molecule is CC(C)CC(C)C(C)(C)CC(=O)Cl. The Bertz CT molecular complexity index is 173. The molecule has 78 valence electrons. The van der Waals surface area contributed by atoms with Crippen LogP contribution in [-0.2, 0) is 4.79 Å². The van der Waals surface area contributed by atoms with E-state index >= 15 is 0 Å². The van der Waals surface area contributed by atoms with E-state index in [1.807, 2.05) is 0 Å². The molecule has 0 rings (SSSR count). The molecule has 1 unspecified atom stereocenters. The van der Waals surface area contributed by atoms with Crippen LogP contribution in [0.5, 0.6) is 0 Å². The van der Waals surface area contributed by atoms with Gasteiger partial charge in [0.25, 0.3) is 0 Å². The predicted octanol–water partition coefficient (Wildman–Crippen LogP) is 3.85. The van der Waals surface area contributed by atoms with Crippen LogP contribution < -0.4 is 0 Å². The lowest BCUT2D eigenvalue weighted by atomic mass is 9.74. The van der Waals surface area contributed by atoms with E-state index in [4.69, 9.17) is 11.6 Å². The van der Waals surface area contributed by atoms with Crippen LogP contribution >= 0.6 is 11.6 Å². The first-order valence-corrected chi connectivity index (χ1v) is 5.32. The highest BCUT2D eigenvalue weighted by Crippen LogP contribution is 2.35. The minimum absolute atomic E-state index is 0.0309. The Hall–Kier alpha value is -0.0400. The standard InChI is InChI=1S/C11H21ClO/c1-8(2)6-9(3)11(4,5)7-10(12)13/h8-9H,6-7H2,1-5H3. The van der Waals surface area contributed by atoms with Crippen LogP contribution in [0.15, 0.2) is 0 Å². The molecular weight excluding hydrogens is 184 g/mol. The van der Waals surface area contributed by atoms with Gasteiger partial charge in [0, 0.05) is 6.42 Å². The van der Waals surface area contributed by atoms with Crippen LogP contribution in [-0.4, -0.2) is 5.24 Å². The topological polar surface area (TPSA) is 17.1 Å². The van der Waals surface area contributed by atoms with Gasteiger partial charge in [0.2, 0.25) is 5.24 Å². The van der Waals surface area contributed by atoms with E-state index in [0.717, 1.165) is 6.42 Å². The van der Waals surface area contributed by atoms with Crippen LogP contribution in [0.2, 0.25) is 0 Å². The average molecular weight is 205 g/mol. The van der Waals surface area contributed by atoms with Crippen molar-refractivity contribution < 1.29 is 4.79 Å². The van der Waals surface area contributed by atoms with Gasteiger partial charge in [0.05, 0.1) is 0 Å². The lowest BCUT2D eigenvalue weighted by Gasteiger charge is -2.31. The molecule has 0 fully saturated rings. The van der Waals surface area contributed by atoms with Gasteiger partial charge in [-0.05, 0) is 35.3 Å². The van der Waals surface area contributed by atoms with Gasteiger partial charge in [-0.15, -0.1) is 0 Å². The molecule has 0 radical (unpaired) electrons. The second kappa shape index (κ2) is 4.99. The van der Waals surface area contributed by atoms with Gasteiger partial charge in [-0.3, -0.25) is 4.79 Å². The number of carbonyl (C=O) groups is 1. The molecule has 0 aliphatic heterocycles. The summed E-state index contributed by atoms with van der Waals surface area (Å²) in [7, 11) is 0. The smallest absolute Gasteiger partial charge is 0.222 e. The third-order valence-electron chi connectivity index (χ3n) is 2.75. The van der Waals surface area contributed by atoms with Crippen molar-refractivity contribution in [3.63, 3.8) is 0 Å². The molecule has 0 aromatic rings. The fourth-order valence-corrected chi connectivity index (χ4v) is 1.90. The first kappa shape index (κ1) is 13.0. The van der Waals surface area contributed by atoms with Gasteiger partial charge >= 0.3 is 0 Å². The van der Waals surface area contributed by atoms with Gasteiger partial charge < -0.3 is 0 Å². The summed E-state index contributed by atoms with van der Waals surface area (Å²) in [4.78, 5) is 10.8. The van der Waals surface area contributed by atoms with Crippen molar-refractivity contribution >= 4 is 16.8 Å². The molecular formula is C11H21ClO. The van der Waals surface area contributed by atoms with Gasteiger partial charge in [0.15, 0.2) is 0 Å². The number of hydrogen-bond acceptors (Lipinski definition) is 1. The molecule has 13 heavy (non-hydrogen) atoms. The van der Waals surface area contributed by atoms with E-state index in [1.54, 1.807) is 0 Å². The fourth-order valence-electron chi connectivity index (χ4n) is 1.56. The summed E-state index contributed by atoms with van der Waals surface area (Å²) in [5.41, 5.74) is 0.0309. The summed E-state index contributed by atoms with van der Waals surface area (Å²) in [6.45, 7) is 10.8. The van der Waals surface area contributed by atoms with E-state index in [2.05, 4.69) is 34.6 Å². The van der Waals surface area contributed by atoms with Crippen molar-refractivity contribution in [3.05, 3.63) is 0 Å². The molecule has 0 aromatic carbocycles. The van der Waals surface area contributed by atoms with Crippen LogP contribution in [0.1, 0.15) is 47.5 Å². The minimum atomic E-state index is -0.222. The summed E-state index contributed by atoms with van der Waals surface area (Å²) < 4.78 is 0. The molecule has 1 nitrogen and oxygen atoms in total. The van der Waals surface area contributed by atoms with Crippen LogP contribution in [0.25, 0.3) is 0 Å². The molecule has 0 aliphatic carbocycles. The number of rotatable bonds is 5. The van der Waals surface area contributed by atoms with Crippen molar-refractivity contribution in [1.82, 2.24) is 0 Å². The van der Waals surface area contributed by atoms with Gasteiger partial charge in [-0.2, -0.15) is 0 Å². The molecule has 1 atom stereocenters. The summed E-state index contributed by atoms with van der Waals surface area (Å²) in [6, 6.07) is 0. The van der Waals surface area contributed by atoms with Crippen molar-refractivity contribution in [2.24, 2.45) is 17.3 Å². The molecule has 0 spiro atoms. The molecule has 0 aliphatic rings. The highest BCUT2D eigenvalue weighted by atomic mass is 35.5. The Morgan fingerprint density at radius 3 is 2.08 bits per heavy atom. The lowest BCUT2D eigenvalue weighted by molar-refractivity contribution is -0.114. The highest BCUT2D eigenvalue weighted by Gasteiger charge is 2.28. The Morgan fingerprint density at radius 1 is 1.31 bits per heavy atom. The monoisotopic (exact) mass is 204 g/mol. The maximum absolute atomic E-state index is 10.8. The fraction of sp³-hybridized carbons (Fsp3) is 0.909. The zero-order valence-corrected chi connectivity index (χ0v) is 10.1. The average Bonchev–Trinajstić information content (AvgIpc) is 1.81. The van der Waals surface area contributed by atoms with E-state index in [-0.39, 0.29) is 10.7 Å². The maximum Gasteiger partial charge on any atom is 0.222 e. The van der Waals surface area contributed by atoms with Crippen LogP contribution in [0.4, 0.5) is 0 Å². The number of hydrogen-bond donors (Lipinski definition) is 0. The molecule has 0 N–H and O–H groups in total. The van der Waals surface area contributed by atoms with E-state index < -0.39 is 0 Å². The normalized spacial score (nSPS) is 14.7. The number of halogens is 1. The summed E-state index contributed by atoms with van der Waals surface area (Å²) >= 11 is 5.40. The third kappa shape index (κ3) is 5.30. The van der Waals surface area contributed by atoms with Crippen molar-refractivity contribution in [1.29, 1.82) is 0 Å². The first-order chi connectivity index (χ1) is 5.75. The second-order valence-corrected chi connectivity index (χ2v) is 5.47. The zero-order valence-electron chi connectivity index (χ0n) is 9.36. The summed E-state index contributed by atoms with van der Waals surface area (Å²) in [5, 5.41) is -0.222. The Balaban J connectivity index is 4.17. The quantitative estimate of drug-likeness (QED) is 0.622. The summed E-state index contributed by atoms with van der Waals surface area (Å²) in [5.74, 6) is 1.22. The Kier molecular flexibility index (Phi) is 4.98. The predicted molar refractivity (Wildman–Crippen MR) is 57.9 cm³/mol. The van der Waals surface area contributed by atoms with Crippen LogP contribution in [0, 0.1) is 17.3 Å². The first-order valence-electron chi connectivity index (χ1n) is 4.94. The molecule has 0 bridgehead atoms. The largest absolute Gasteiger partial charge is 0.281 e.